The molecule has 0 saturated heterocycles. The van der Waals surface area contributed by atoms with E-state index >= 15 is 0 Å². The highest BCUT2D eigenvalue weighted by atomic mass is 19.1. The van der Waals surface area contributed by atoms with Crippen LogP contribution in [0.3, 0.4) is 0 Å². The van der Waals surface area contributed by atoms with Gasteiger partial charge in [0.25, 0.3) is 0 Å². The maximum atomic E-state index is 12.9. The lowest BCUT2D eigenvalue weighted by Crippen LogP contribution is -2.06. The highest BCUT2D eigenvalue weighted by molar-refractivity contribution is 5.81. The van der Waals surface area contributed by atoms with Crippen molar-refractivity contribution in [2.75, 3.05) is 0 Å². The molecule has 2 aromatic rings. The summed E-state index contributed by atoms with van der Waals surface area (Å²) in [5.74, 6) is -0.206. The van der Waals surface area contributed by atoms with E-state index in [9.17, 15) is 9.50 Å². The predicted octanol–water partition coefficient (Wildman–Crippen LogP) is 1.70. The minimum atomic E-state index is -0.278. The molecule has 0 spiro atoms. The van der Waals surface area contributed by atoms with Gasteiger partial charge in [0.05, 0.1) is 6.10 Å². The lowest BCUT2D eigenvalue weighted by atomic mass is 10.2. The van der Waals surface area contributed by atoms with Crippen LogP contribution in [0.15, 0.2) is 24.3 Å². The van der Waals surface area contributed by atoms with Crippen LogP contribution >= 0.6 is 0 Å². The van der Waals surface area contributed by atoms with Crippen LogP contribution in [-0.2, 0) is 13.0 Å². The fraction of sp³-hybridized carbons (Fsp3) is 0.273. The second-order valence-corrected chi connectivity index (χ2v) is 3.81. The molecular formula is C11H10FNO. The number of benzene rings is 1. The Balaban J connectivity index is 2.28. The summed E-state index contributed by atoms with van der Waals surface area (Å²) in [5.41, 5.74) is 2.11. The quantitative estimate of drug-likeness (QED) is 0.673. The van der Waals surface area contributed by atoms with Crippen molar-refractivity contribution in [3.63, 3.8) is 0 Å². The Morgan fingerprint density at radius 3 is 3.07 bits per heavy atom. The van der Waals surface area contributed by atoms with Gasteiger partial charge in [-0.15, -0.1) is 0 Å². The predicted molar refractivity (Wildman–Crippen MR) is 51.6 cm³/mol. The molecule has 1 atom stereocenters. The minimum Gasteiger partial charge on any atom is -0.391 e. The zero-order valence-corrected chi connectivity index (χ0v) is 7.57. The van der Waals surface area contributed by atoms with Crippen LogP contribution in [0.1, 0.15) is 5.69 Å². The van der Waals surface area contributed by atoms with Crippen LogP contribution in [0.25, 0.3) is 10.9 Å². The highest BCUT2D eigenvalue weighted by Gasteiger charge is 2.21. The van der Waals surface area contributed by atoms with Crippen molar-refractivity contribution in [1.82, 2.24) is 4.57 Å². The monoisotopic (exact) mass is 191 g/mol. The summed E-state index contributed by atoms with van der Waals surface area (Å²) in [7, 11) is 0. The van der Waals surface area contributed by atoms with Gasteiger partial charge in [0.1, 0.15) is 5.82 Å². The summed E-state index contributed by atoms with van der Waals surface area (Å²) < 4.78 is 15.0. The molecule has 1 unspecified atom stereocenters. The summed E-state index contributed by atoms with van der Waals surface area (Å²) in [6, 6.07) is 6.72. The molecule has 0 fully saturated rings. The fourth-order valence-electron chi connectivity index (χ4n) is 2.20. The van der Waals surface area contributed by atoms with E-state index in [4.69, 9.17) is 0 Å². The standard InChI is InChI=1S/C11H10FNO/c12-8-1-2-11-7(3-8)4-9-5-10(14)6-13(9)11/h1-4,10,14H,5-6H2. The minimum absolute atomic E-state index is 0.206. The molecule has 0 saturated carbocycles. The number of rotatable bonds is 0. The van der Waals surface area contributed by atoms with Gasteiger partial charge in [0.2, 0.25) is 0 Å². The third-order valence-electron chi connectivity index (χ3n) is 2.79. The first-order valence-corrected chi connectivity index (χ1v) is 4.70. The summed E-state index contributed by atoms with van der Waals surface area (Å²) in [4.78, 5) is 0. The summed E-state index contributed by atoms with van der Waals surface area (Å²) >= 11 is 0. The number of hydrogen-bond acceptors (Lipinski definition) is 1. The van der Waals surface area contributed by atoms with Crippen LogP contribution in [0.5, 0.6) is 0 Å². The highest BCUT2D eigenvalue weighted by Crippen LogP contribution is 2.26. The summed E-state index contributed by atoms with van der Waals surface area (Å²) in [5, 5.41) is 10.4. The van der Waals surface area contributed by atoms with Gasteiger partial charge in [0, 0.05) is 29.6 Å². The van der Waals surface area contributed by atoms with Crippen LogP contribution in [0.2, 0.25) is 0 Å². The van der Waals surface area contributed by atoms with Gasteiger partial charge in [-0.1, -0.05) is 0 Å². The molecule has 2 heterocycles. The third kappa shape index (κ3) is 0.990. The Morgan fingerprint density at radius 1 is 1.36 bits per heavy atom. The van der Waals surface area contributed by atoms with Gasteiger partial charge >= 0.3 is 0 Å². The molecule has 0 bridgehead atoms. The zero-order chi connectivity index (χ0) is 9.71. The van der Waals surface area contributed by atoms with Crippen molar-refractivity contribution < 1.29 is 9.50 Å². The molecule has 1 aliphatic rings. The first kappa shape index (κ1) is 8.00. The lowest BCUT2D eigenvalue weighted by Gasteiger charge is -2.01. The number of hydrogen-bond donors (Lipinski definition) is 1. The zero-order valence-electron chi connectivity index (χ0n) is 7.57. The average Bonchev–Trinajstić information content (AvgIpc) is 2.59. The molecule has 0 amide bonds. The van der Waals surface area contributed by atoms with E-state index in [-0.39, 0.29) is 11.9 Å². The Kier molecular flexibility index (Phi) is 1.47. The fourth-order valence-corrected chi connectivity index (χ4v) is 2.20. The van der Waals surface area contributed by atoms with E-state index in [0.29, 0.717) is 13.0 Å². The molecule has 3 rings (SSSR count). The third-order valence-corrected chi connectivity index (χ3v) is 2.79. The Morgan fingerprint density at radius 2 is 2.21 bits per heavy atom. The molecule has 72 valence electrons. The van der Waals surface area contributed by atoms with Crippen LogP contribution < -0.4 is 0 Å². The first-order valence-electron chi connectivity index (χ1n) is 4.70. The Hall–Kier alpha value is -1.35. The van der Waals surface area contributed by atoms with Gasteiger partial charge in [-0.05, 0) is 24.3 Å². The van der Waals surface area contributed by atoms with Crippen molar-refractivity contribution >= 4 is 10.9 Å². The number of aromatic nitrogens is 1. The molecule has 3 heteroatoms. The molecule has 14 heavy (non-hydrogen) atoms. The lowest BCUT2D eigenvalue weighted by molar-refractivity contribution is 0.176. The van der Waals surface area contributed by atoms with E-state index in [1.807, 2.05) is 6.07 Å². The largest absolute Gasteiger partial charge is 0.391 e. The number of nitrogens with zero attached hydrogens (tertiary/aromatic N) is 1. The van der Waals surface area contributed by atoms with Crippen LogP contribution in [0, 0.1) is 5.82 Å². The van der Waals surface area contributed by atoms with Gasteiger partial charge in [0.15, 0.2) is 0 Å². The van der Waals surface area contributed by atoms with Gasteiger partial charge in [-0.2, -0.15) is 0 Å². The van der Waals surface area contributed by atoms with Gasteiger partial charge in [-0.3, -0.25) is 0 Å². The maximum Gasteiger partial charge on any atom is 0.123 e. The van der Waals surface area contributed by atoms with E-state index in [1.165, 1.54) is 12.1 Å². The topological polar surface area (TPSA) is 25.2 Å². The van der Waals surface area contributed by atoms with Crippen LogP contribution in [-0.4, -0.2) is 15.8 Å². The van der Waals surface area contributed by atoms with Crippen LogP contribution in [0.4, 0.5) is 4.39 Å². The number of fused-ring (bicyclic) bond motifs is 3. The Bertz CT molecular complexity index is 503. The van der Waals surface area contributed by atoms with E-state index in [0.717, 1.165) is 16.6 Å². The Labute approximate surface area is 80.6 Å². The van der Waals surface area contributed by atoms with E-state index in [2.05, 4.69) is 4.57 Å². The second-order valence-electron chi connectivity index (χ2n) is 3.81. The number of aliphatic hydroxyl groups is 1. The van der Waals surface area contributed by atoms with Crippen molar-refractivity contribution in [2.24, 2.45) is 0 Å². The smallest absolute Gasteiger partial charge is 0.123 e. The summed E-state index contributed by atoms with van der Waals surface area (Å²) in [6.45, 7) is 0.629. The number of halogens is 1. The first-order chi connectivity index (χ1) is 6.74. The van der Waals surface area contributed by atoms with Crippen molar-refractivity contribution in [3.05, 3.63) is 35.8 Å². The second kappa shape index (κ2) is 2.58. The van der Waals surface area contributed by atoms with Gasteiger partial charge in [-0.25, -0.2) is 4.39 Å². The normalized spacial score (nSPS) is 20.3. The van der Waals surface area contributed by atoms with Crippen molar-refractivity contribution in [2.45, 2.75) is 19.1 Å². The SMILES string of the molecule is OC1Cc2cc3cc(F)ccc3n2C1. The molecule has 1 aliphatic heterocycles. The molecule has 0 aliphatic carbocycles. The molecule has 0 radical (unpaired) electrons. The maximum absolute atomic E-state index is 12.9. The van der Waals surface area contributed by atoms with Crippen molar-refractivity contribution in [1.29, 1.82) is 0 Å². The molecule has 1 N–H and O–H groups in total. The van der Waals surface area contributed by atoms with E-state index in [1.54, 1.807) is 6.07 Å². The number of aliphatic hydroxyl groups excluding tert-OH is 1. The van der Waals surface area contributed by atoms with Crippen molar-refractivity contribution in [3.8, 4) is 0 Å². The average molecular weight is 191 g/mol. The molecular weight excluding hydrogens is 181 g/mol. The molecule has 2 nitrogen and oxygen atoms in total. The van der Waals surface area contributed by atoms with E-state index < -0.39 is 0 Å². The molecule has 1 aromatic carbocycles. The van der Waals surface area contributed by atoms with Gasteiger partial charge < -0.3 is 9.67 Å². The summed E-state index contributed by atoms with van der Waals surface area (Å²) in [6.07, 6.45) is 0.399. The molecule has 1 aromatic heterocycles.